The number of H-pyrrole nitrogens is 1. The third-order valence-corrected chi connectivity index (χ3v) is 3.68. The van der Waals surface area contributed by atoms with Crippen molar-refractivity contribution < 1.29 is 23.8 Å². The van der Waals surface area contributed by atoms with Gasteiger partial charge in [-0.2, -0.15) is 0 Å². The first-order valence-electron chi connectivity index (χ1n) is 7.90. The molecule has 0 saturated carbocycles. The Labute approximate surface area is 153 Å². The number of nitrogens with one attached hydrogen (secondary N) is 1. The van der Waals surface area contributed by atoms with Gasteiger partial charge in [0.15, 0.2) is 18.1 Å². The molecule has 0 radical (unpaired) electrons. The molecule has 0 amide bonds. The van der Waals surface area contributed by atoms with Crippen LogP contribution in [0.4, 0.5) is 5.82 Å². The van der Waals surface area contributed by atoms with Crippen molar-refractivity contribution in [3.63, 3.8) is 0 Å². The highest BCUT2D eigenvalue weighted by Crippen LogP contribution is 2.28. The summed E-state index contributed by atoms with van der Waals surface area (Å²) in [5, 5.41) is 0. The zero-order valence-electron chi connectivity index (χ0n) is 15.0. The van der Waals surface area contributed by atoms with Crippen LogP contribution in [0.1, 0.15) is 27.6 Å². The number of hydrogen-bond donors (Lipinski definition) is 2. The minimum atomic E-state index is -0.945. The van der Waals surface area contributed by atoms with E-state index in [4.69, 9.17) is 19.9 Å². The Morgan fingerprint density at radius 1 is 1.22 bits per heavy atom. The highest BCUT2D eigenvalue weighted by molar-refractivity contribution is 6.02. The number of esters is 1. The number of Topliss-reactive ketones (excluding diaryl/α,β-unsaturated/α-hetero) is 1. The summed E-state index contributed by atoms with van der Waals surface area (Å²) in [6.45, 7) is 1.42. The molecule has 0 atom stereocenters. The van der Waals surface area contributed by atoms with Crippen LogP contribution in [-0.4, -0.2) is 41.6 Å². The van der Waals surface area contributed by atoms with Gasteiger partial charge in [0.05, 0.1) is 19.3 Å². The molecule has 1 aromatic heterocycles. The van der Waals surface area contributed by atoms with Gasteiger partial charge in [0, 0.05) is 7.05 Å². The third kappa shape index (κ3) is 4.17. The number of nitrogens with two attached hydrogens (primary N) is 1. The number of methoxy groups -OCH3 is 1. The predicted octanol–water partition coefficient (Wildman–Crippen LogP) is 0.103. The van der Waals surface area contributed by atoms with Crippen LogP contribution in [0.15, 0.2) is 27.8 Å². The van der Waals surface area contributed by atoms with Gasteiger partial charge in [0.1, 0.15) is 11.4 Å². The molecule has 27 heavy (non-hydrogen) atoms. The van der Waals surface area contributed by atoms with Crippen LogP contribution in [0, 0.1) is 0 Å². The van der Waals surface area contributed by atoms with E-state index in [1.54, 1.807) is 6.92 Å². The van der Waals surface area contributed by atoms with Gasteiger partial charge in [0.25, 0.3) is 5.56 Å². The molecule has 3 N–H and O–H groups in total. The zero-order valence-corrected chi connectivity index (χ0v) is 15.0. The smallest absolute Gasteiger partial charge is 0.338 e. The lowest BCUT2D eigenvalue weighted by molar-refractivity contribution is 0.0474. The molecule has 2 aromatic rings. The summed E-state index contributed by atoms with van der Waals surface area (Å²) >= 11 is 0. The Bertz CT molecular complexity index is 991. The van der Waals surface area contributed by atoms with Gasteiger partial charge in [-0.25, -0.2) is 9.59 Å². The lowest BCUT2D eigenvalue weighted by Crippen LogP contribution is -2.35. The third-order valence-electron chi connectivity index (χ3n) is 3.68. The first kappa shape index (κ1) is 19.8. The molecule has 0 bridgehead atoms. The van der Waals surface area contributed by atoms with Crippen LogP contribution in [0.2, 0.25) is 0 Å². The minimum Gasteiger partial charge on any atom is -0.493 e. The quantitative estimate of drug-likeness (QED) is 0.511. The van der Waals surface area contributed by atoms with E-state index in [0.717, 1.165) is 4.57 Å². The largest absolute Gasteiger partial charge is 0.493 e. The Morgan fingerprint density at radius 3 is 2.56 bits per heavy atom. The molecular formula is C17H19N3O7. The number of hydrogen-bond acceptors (Lipinski definition) is 8. The van der Waals surface area contributed by atoms with E-state index in [0.29, 0.717) is 18.1 Å². The van der Waals surface area contributed by atoms with Gasteiger partial charge < -0.3 is 19.9 Å². The number of aromatic nitrogens is 2. The fourth-order valence-electron chi connectivity index (χ4n) is 2.26. The van der Waals surface area contributed by atoms with E-state index in [9.17, 15) is 19.2 Å². The number of ether oxygens (including phenoxy) is 3. The van der Waals surface area contributed by atoms with Crippen molar-refractivity contribution in [3.8, 4) is 11.5 Å². The van der Waals surface area contributed by atoms with Crippen molar-refractivity contribution in [3.05, 3.63) is 50.2 Å². The number of nitrogen functional groups attached to an aromatic ring is 1. The van der Waals surface area contributed by atoms with Gasteiger partial charge in [0.2, 0.25) is 5.78 Å². The standard InChI is InChI=1S/C17H19N3O7/c1-4-26-12-7-9(5-6-11(12)25-3)16(23)27-8-10(21)13-14(18)20(2)17(24)19-15(13)22/h5-7H,4,8,18H2,1-3H3,(H,19,22,24). The highest BCUT2D eigenvalue weighted by atomic mass is 16.5. The maximum Gasteiger partial charge on any atom is 0.338 e. The SMILES string of the molecule is CCOc1cc(C(=O)OCC(=O)c2c(N)n(C)c(=O)[nH]c2=O)ccc1OC. The second kappa shape index (κ2) is 8.21. The van der Waals surface area contributed by atoms with Gasteiger partial charge >= 0.3 is 11.7 Å². The summed E-state index contributed by atoms with van der Waals surface area (Å²) in [6, 6.07) is 4.39. The number of aromatic amines is 1. The van der Waals surface area contributed by atoms with Gasteiger partial charge in [-0.05, 0) is 25.1 Å². The van der Waals surface area contributed by atoms with Crippen LogP contribution in [0.25, 0.3) is 0 Å². The molecule has 144 valence electrons. The normalized spacial score (nSPS) is 10.3. The lowest BCUT2D eigenvalue weighted by Gasteiger charge is -2.11. The fraction of sp³-hybridized carbons (Fsp3) is 0.294. The summed E-state index contributed by atoms with van der Waals surface area (Å²) in [6.07, 6.45) is 0. The van der Waals surface area contributed by atoms with E-state index < -0.39 is 35.2 Å². The van der Waals surface area contributed by atoms with E-state index in [2.05, 4.69) is 0 Å². The molecule has 0 aliphatic rings. The van der Waals surface area contributed by atoms with Crippen molar-refractivity contribution >= 4 is 17.6 Å². The molecule has 0 aliphatic carbocycles. The topological polar surface area (TPSA) is 143 Å². The molecule has 10 heteroatoms. The summed E-state index contributed by atoms with van der Waals surface area (Å²) in [7, 11) is 2.76. The first-order chi connectivity index (χ1) is 12.8. The summed E-state index contributed by atoms with van der Waals surface area (Å²) in [5.74, 6) is -1.16. The maximum atomic E-state index is 12.2. The zero-order chi connectivity index (χ0) is 20.1. The maximum absolute atomic E-state index is 12.2. The van der Waals surface area contributed by atoms with Gasteiger partial charge in [-0.15, -0.1) is 0 Å². The van der Waals surface area contributed by atoms with Gasteiger partial charge in [-0.3, -0.25) is 19.1 Å². The average Bonchev–Trinajstić information content (AvgIpc) is 2.64. The van der Waals surface area contributed by atoms with Crippen molar-refractivity contribution in [2.45, 2.75) is 6.92 Å². The first-order valence-corrected chi connectivity index (χ1v) is 7.90. The Balaban J connectivity index is 2.18. The molecule has 0 unspecified atom stereocenters. The lowest BCUT2D eigenvalue weighted by atomic mass is 10.2. The molecule has 0 spiro atoms. The van der Waals surface area contributed by atoms with E-state index >= 15 is 0 Å². The van der Waals surface area contributed by atoms with Crippen LogP contribution >= 0.6 is 0 Å². The molecule has 10 nitrogen and oxygen atoms in total. The summed E-state index contributed by atoms with van der Waals surface area (Å²) in [4.78, 5) is 49.6. The molecule has 1 heterocycles. The Hall–Kier alpha value is -3.56. The fourth-order valence-corrected chi connectivity index (χ4v) is 2.26. The van der Waals surface area contributed by atoms with Crippen molar-refractivity contribution in [1.29, 1.82) is 0 Å². The molecule has 0 saturated heterocycles. The predicted molar refractivity (Wildman–Crippen MR) is 95.5 cm³/mol. The number of carbonyl (C=O) groups is 2. The van der Waals surface area contributed by atoms with Crippen molar-refractivity contribution in [2.75, 3.05) is 26.1 Å². The van der Waals surface area contributed by atoms with Crippen molar-refractivity contribution in [2.24, 2.45) is 7.05 Å². The molecule has 0 fully saturated rings. The Morgan fingerprint density at radius 2 is 1.93 bits per heavy atom. The number of carbonyl (C=O) groups excluding carboxylic acids is 2. The van der Waals surface area contributed by atoms with E-state index in [-0.39, 0.29) is 11.4 Å². The van der Waals surface area contributed by atoms with E-state index in [1.165, 1.54) is 32.4 Å². The number of ketones is 1. The molecular weight excluding hydrogens is 358 g/mol. The van der Waals surface area contributed by atoms with Crippen LogP contribution in [0.5, 0.6) is 11.5 Å². The molecule has 0 aliphatic heterocycles. The Kier molecular flexibility index (Phi) is 6.01. The van der Waals surface area contributed by atoms with Crippen molar-refractivity contribution in [1.82, 2.24) is 9.55 Å². The summed E-state index contributed by atoms with van der Waals surface area (Å²) in [5.41, 5.74) is 3.62. The van der Waals surface area contributed by atoms with Crippen LogP contribution < -0.4 is 26.5 Å². The van der Waals surface area contributed by atoms with Crippen LogP contribution in [0.3, 0.4) is 0 Å². The summed E-state index contributed by atoms with van der Waals surface area (Å²) < 4.78 is 16.4. The van der Waals surface area contributed by atoms with Crippen LogP contribution in [-0.2, 0) is 11.8 Å². The van der Waals surface area contributed by atoms with E-state index in [1.807, 2.05) is 4.98 Å². The number of benzene rings is 1. The molecule has 2 rings (SSSR count). The minimum absolute atomic E-state index is 0.134. The average molecular weight is 377 g/mol. The van der Waals surface area contributed by atoms with Gasteiger partial charge in [-0.1, -0.05) is 0 Å². The number of anilines is 1. The monoisotopic (exact) mass is 377 g/mol. The second-order valence-electron chi connectivity index (χ2n) is 5.38. The second-order valence-corrected chi connectivity index (χ2v) is 5.38. The number of nitrogens with zero attached hydrogens (tertiary/aromatic N) is 1. The highest BCUT2D eigenvalue weighted by Gasteiger charge is 2.20. The number of rotatable bonds is 7. The molecule has 1 aromatic carbocycles.